The van der Waals surface area contributed by atoms with Gasteiger partial charge in [-0.2, -0.15) is 18.3 Å². The number of halogens is 3. The van der Waals surface area contributed by atoms with Gasteiger partial charge < -0.3 is 10.0 Å². The standard InChI is InChI=1S/C23H19F3N6O3/c1-12-8-14(21-27-10-15-20(30-21)13(2)9-18(29-15)23(24,25)26)4-5-16(12)31(3)22(35)17-6-7-28-32(17)11-19(33)34/h4-10H,11H2,1-3H3,(H,33,34). The highest BCUT2D eigenvalue weighted by molar-refractivity contribution is 6.05. The summed E-state index contributed by atoms with van der Waals surface area (Å²) in [6.45, 7) is 2.86. The Hall–Kier alpha value is -4.35. The molecular weight excluding hydrogens is 465 g/mol. The molecule has 0 aliphatic heterocycles. The van der Waals surface area contributed by atoms with Gasteiger partial charge in [-0.25, -0.2) is 19.6 Å². The van der Waals surface area contributed by atoms with Crippen LogP contribution >= 0.6 is 0 Å². The summed E-state index contributed by atoms with van der Waals surface area (Å²) >= 11 is 0. The predicted octanol–water partition coefficient (Wildman–Crippen LogP) is 3.89. The number of pyridine rings is 1. The average Bonchev–Trinajstić information content (AvgIpc) is 3.24. The van der Waals surface area contributed by atoms with Crippen LogP contribution in [-0.4, -0.2) is 48.8 Å². The molecule has 12 heteroatoms. The van der Waals surface area contributed by atoms with E-state index in [0.717, 1.165) is 10.7 Å². The molecule has 0 unspecified atom stereocenters. The second kappa shape index (κ2) is 8.78. The maximum Gasteiger partial charge on any atom is 0.433 e. The highest BCUT2D eigenvalue weighted by Crippen LogP contribution is 2.31. The van der Waals surface area contributed by atoms with Crippen LogP contribution in [0.15, 0.2) is 42.7 Å². The van der Waals surface area contributed by atoms with E-state index in [4.69, 9.17) is 5.11 Å². The van der Waals surface area contributed by atoms with E-state index in [2.05, 4.69) is 20.1 Å². The van der Waals surface area contributed by atoms with Crippen molar-refractivity contribution in [3.8, 4) is 11.4 Å². The second-order valence-corrected chi connectivity index (χ2v) is 7.88. The van der Waals surface area contributed by atoms with Gasteiger partial charge in [0.1, 0.15) is 23.4 Å². The molecule has 4 aromatic rings. The third-order valence-electron chi connectivity index (χ3n) is 5.37. The molecule has 0 radical (unpaired) electrons. The van der Waals surface area contributed by atoms with E-state index in [9.17, 15) is 22.8 Å². The first-order chi connectivity index (χ1) is 16.5. The van der Waals surface area contributed by atoms with E-state index < -0.39 is 30.3 Å². The molecule has 0 saturated carbocycles. The summed E-state index contributed by atoms with van der Waals surface area (Å²) in [6.07, 6.45) is -1.96. The van der Waals surface area contributed by atoms with E-state index in [1.807, 2.05) is 0 Å². The van der Waals surface area contributed by atoms with Crippen molar-refractivity contribution in [1.29, 1.82) is 0 Å². The molecular formula is C23H19F3N6O3. The minimum atomic E-state index is -4.57. The number of carboxylic acids is 1. The zero-order valence-corrected chi connectivity index (χ0v) is 18.8. The molecule has 3 aromatic heterocycles. The second-order valence-electron chi connectivity index (χ2n) is 7.88. The molecule has 1 aromatic carbocycles. The lowest BCUT2D eigenvalue weighted by Crippen LogP contribution is -2.30. The zero-order chi connectivity index (χ0) is 25.5. The number of carboxylic acid groups (broad SMARTS) is 1. The van der Waals surface area contributed by atoms with Crippen molar-refractivity contribution in [2.75, 3.05) is 11.9 Å². The van der Waals surface area contributed by atoms with E-state index in [1.165, 1.54) is 30.3 Å². The fourth-order valence-corrected chi connectivity index (χ4v) is 3.69. The summed E-state index contributed by atoms with van der Waals surface area (Å²) < 4.78 is 40.3. The molecule has 0 fully saturated rings. The van der Waals surface area contributed by atoms with Crippen molar-refractivity contribution < 1.29 is 27.9 Å². The number of fused-ring (bicyclic) bond motifs is 1. The van der Waals surface area contributed by atoms with Gasteiger partial charge in [-0.05, 0) is 55.3 Å². The van der Waals surface area contributed by atoms with E-state index >= 15 is 0 Å². The molecule has 4 rings (SSSR count). The fraction of sp³-hybridized carbons (Fsp3) is 0.217. The first kappa shape index (κ1) is 23.8. The van der Waals surface area contributed by atoms with Crippen LogP contribution in [0.5, 0.6) is 0 Å². The minimum absolute atomic E-state index is 0.0396. The lowest BCUT2D eigenvalue weighted by atomic mass is 10.1. The van der Waals surface area contributed by atoms with E-state index in [-0.39, 0.29) is 11.2 Å². The van der Waals surface area contributed by atoms with E-state index in [0.29, 0.717) is 33.7 Å². The van der Waals surface area contributed by atoms with Gasteiger partial charge in [-0.1, -0.05) is 0 Å². The molecule has 0 saturated heterocycles. The van der Waals surface area contributed by atoms with Crippen LogP contribution in [0.3, 0.4) is 0 Å². The summed E-state index contributed by atoms with van der Waals surface area (Å²) in [5.74, 6) is -1.27. The van der Waals surface area contributed by atoms with Crippen LogP contribution in [-0.2, 0) is 17.5 Å². The molecule has 0 aliphatic rings. The Labute approximate surface area is 196 Å². The topological polar surface area (TPSA) is 114 Å². The number of carbonyl (C=O) groups excluding carboxylic acids is 1. The van der Waals surface area contributed by atoms with Crippen molar-refractivity contribution >= 4 is 28.6 Å². The number of rotatable bonds is 5. The highest BCUT2D eigenvalue weighted by atomic mass is 19.4. The number of aliphatic carboxylic acids is 1. The molecule has 1 amide bonds. The number of hydrogen-bond donors (Lipinski definition) is 1. The van der Waals surface area contributed by atoms with Gasteiger partial charge >= 0.3 is 12.1 Å². The number of benzene rings is 1. The fourth-order valence-electron chi connectivity index (χ4n) is 3.69. The Bertz CT molecular complexity index is 1460. The van der Waals surface area contributed by atoms with Crippen molar-refractivity contribution in [3.05, 3.63) is 65.2 Å². The molecule has 0 aliphatic carbocycles. The quantitative estimate of drug-likeness (QED) is 0.457. The number of carbonyl (C=O) groups is 2. The normalized spacial score (nSPS) is 11.6. The Morgan fingerprint density at radius 1 is 1.09 bits per heavy atom. The number of alkyl halides is 3. The smallest absolute Gasteiger partial charge is 0.433 e. The summed E-state index contributed by atoms with van der Waals surface area (Å²) in [7, 11) is 1.56. The average molecular weight is 484 g/mol. The Kier molecular flexibility index (Phi) is 5.97. The number of aryl methyl sites for hydroxylation is 2. The third kappa shape index (κ3) is 4.67. The Balaban J connectivity index is 1.65. The number of anilines is 1. The molecule has 180 valence electrons. The van der Waals surface area contributed by atoms with Crippen LogP contribution in [0.1, 0.15) is 27.3 Å². The number of amides is 1. The summed E-state index contributed by atoms with van der Waals surface area (Å²) in [5.41, 5.74) is 1.66. The first-order valence-corrected chi connectivity index (χ1v) is 10.3. The lowest BCUT2D eigenvalue weighted by molar-refractivity contribution is -0.141. The van der Waals surface area contributed by atoms with Crippen LogP contribution in [0.25, 0.3) is 22.4 Å². The van der Waals surface area contributed by atoms with Crippen molar-refractivity contribution in [2.45, 2.75) is 26.6 Å². The van der Waals surface area contributed by atoms with Crippen molar-refractivity contribution in [1.82, 2.24) is 24.7 Å². The summed E-state index contributed by atoms with van der Waals surface area (Å²) in [4.78, 5) is 37.6. The lowest BCUT2D eigenvalue weighted by Gasteiger charge is -2.20. The van der Waals surface area contributed by atoms with Gasteiger partial charge in [0.15, 0.2) is 5.82 Å². The minimum Gasteiger partial charge on any atom is -0.480 e. The van der Waals surface area contributed by atoms with Crippen molar-refractivity contribution in [2.24, 2.45) is 0 Å². The summed E-state index contributed by atoms with van der Waals surface area (Å²) in [5, 5.41) is 12.9. The largest absolute Gasteiger partial charge is 0.480 e. The Morgan fingerprint density at radius 2 is 1.83 bits per heavy atom. The van der Waals surface area contributed by atoms with Gasteiger partial charge in [0.2, 0.25) is 0 Å². The highest BCUT2D eigenvalue weighted by Gasteiger charge is 2.33. The van der Waals surface area contributed by atoms with Crippen LogP contribution < -0.4 is 4.90 Å². The molecule has 1 N–H and O–H groups in total. The summed E-state index contributed by atoms with van der Waals surface area (Å²) in [6, 6.07) is 7.51. The van der Waals surface area contributed by atoms with Crippen LogP contribution in [0.4, 0.5) is 18.9 Å². The number of aromatic nitrogens is 5. The monoisotopic (exact) mass is 484 g/mol. The van der Waals surface area contributed by atoms with Crippen molar-refractivity contribution in [3.63, 3.8) is 0 Å². The molecule has 9 nitrogen and oxygen atoms in total. The third-order valence-corrected chi connectivity index (χ3v) is 5.37. The molecule has 0 atom stereocenters. The first-order valence-electron chi connectivity index (χ1n) is 10.3. The maximum atomic E-state index is 13.0. The number of nitrogens with zero attached hydrogens (tertiary/aromatic N) is 6. The van der Waals surface area contributed by atoms with Crippen LogP contribution in [0.2, 0.25) is 0 Å². The van der Waals surface area contributed by atoms with Gasteiger partial charge in [-0.3, -0.25) is 9.59 Å². The van der Waals surface area contributed by atoms with Gasteiger partial charge in [0.25, 0.3) is 5.91 Å². The zero-order valence-electron chi connectivity index (χ0n) is 18.8. The van der Waals surface area contributed by atoms with Gasteiger partial charge in [0, 0.05) is 24.5 Å². The number of hydrogen-bond acceptors (Lipinski definition) is 6. The van der Waals surface area contributed by atoms with E-state index in [1.54, 1.807) is 32.2 Å². The van der Waals surface area contributed by atoms with Gasteiger partial charge in [-0.15, -0.1) is 0 Å². The molecule has 3 heterocycles. The van der Waals surface area contributed by atoms with Crippen LogP contribution in [0, 0.1) is 13.8 Å². The Morgan fingerprint density at radius 3 is 2.49 bits per heavy atom. The predicted molar refractivity (Wildman–Crippen MR) is 120 cm³/mol. The SMILES string of the molecule is Cc1cc(-c2ncc3nc(C(F)(F)F)cc(C)c3n2)ccc1N(C)C(=O)c1ccnn1CC(=O)O. The maximum absolute atomic E-state index is 13.0. The van der Waals surface area contributed by atoms with Gasteiger partial charge in [0.05, 0.1) is 11.7 Å². The molecule has 0 spiro atoms. The molecule has 35 heavy (non-hydrogen) atoms. The molecule has 0 bridgehead atoms.